The molecule has 0 radical (unpaired) electrons. The summed E-state index contributed by atoms with van der Waals surface area (Å²) in [6.07, 6.45) is -1.57. The van der Waals surface area contributed by atoms with Gasteiger partial charge in [0, 0.05) is 31.9 Å². The summed E-state index contributed by atoms with van der Waals surface area (Å²) in [7, 11) is 0. The molecule has 1 heterocycles. The van der Waals surface area contributed by atoms with E-state index in [4.69, 9.17) is 4.74 Å². The predicted octanol–water partition coefficient (Wildman–Crippen LogP) is 0.683. The maximum atomic E-state index is 12.9. The zero-order valence-corrected chi connectivity index (χ0v) is 20.6. The Kier molecular flexibility index (Phi) is 9.10. The van der Waals surface area contributed by atoms with Crippen LogP contribution in [-0.4, -0.2) is 60.8 Å². The number of amides is 1. The van der Waals surface area contributed by atoms with Gasteiger partial charge in [-0.3, -0.25) is 0 Å². The molecule has 1 amide bonds. The SMILES string of the molecule is Cc1c(C[B-](F)(F)F)cc(C(=O)O)cc1N1CCN(C(=O)OC(C)(C)C)CC1.[K+]. The van der Waals surface area contributed by atoms with E-state index in [1.165, 1.54) is 11.0 Å². The van der Waals surface area contributed by atoms with Crippen LogP contribution < -0.4 is 56.3 Å². The maximum absolute atomic E-state index is 12.9. The molecular formula is C18H25BF3KN2O4. The van der Waals surface area contributed by atoms with Gasteiger partial charge in [-0.2, -0.15) is 0 Å². The molecule has 0 atom stereocenters. The molecule has 6 nitrogen and oxygen atoms in total. The van der Waals surface area contributed by atoms with E-state index >= 15 is 0 Å². The van der Waals surface area contributed by atoms with Gasteiger partial charge in [0.1, 0.15) is 5.60 Å². The van der Waals surface area contributed by atoms with Gasteiger partial charge >= 0.3 is 70.4 Å². The zero-order valence-electron chi connectivity index (χ0n) is 17.5. The predicted molar refractivity (Wildman–Crippen MR) is 101 cm³/mol. The van der Waals surface area contributed by atoms with Gasteiger partial charge in [0.05, 0.1) is 5.56 Å². The number of hydrogen-bond donors (Lipinski definition) is 1. The molecule has 1 aliphatic heterocycles. The average molecular weight is 440 g/mol. The van der Waals surface area contributed by atoms with Gasteiger partial charge < -0.3 is 32.6 Å². The van der Waals surface area contributed by atoms with E-state index in [2.05, 4.69) is 0 Å². The van der Waals surface area contributed by atoms with Crippen molar-refractivity contribution in [2.24, 2.45) is 0 Å². The topological polar surface area (TPSA) is 70.1 Å². The van der Waals surface area contributed by atoms with Gasteiger partial charge in [0.15, 0.2) is 0 Å². The molecule has 1 saturated heterocycles. The van der Waals surface area contributed by atoms with Crippen molar-refractivity contribution in [2.75, 3.05) is 31.1 Å². The molecule has 0 spiro atoms. The molecule has 1 aromatic rings. The number of aromatic carboxylic acids is 1. The molecule has 1 N–H and O–H groups in total. The van der Waals surface area contributed by atoms with Crippen molar-refractivity contribution in [2.45, 2.75) is 39.6 Å². The minimum Gasteiger partial charge on any atom is -0.478 e. The van der Waals surface area contributed by atoms with Crippen LogP contribution in [0.15, 0.2) is 12.1 Å². The molecule has 29 heavy (non-hydrogen) atoms. The number of anilines is 1. The number of nitrogens with zero attached hydrogens (tertiary/aromatic N) is 2. The van der Waals surface area contributed by atoms with Crippen molar-refractivity contribution < 1.29 is 83.8 Å². The summed E-state index contributed by atoms with van der Waals surface area (Å²) in [6, 6.07) is 2.49. The molecule has 2 rings (SSSR count). The fourth-order valence-corrected chi connectivity index (χ4v) is 3.13. The van der Waals surface area contributed by atoms with E-state index in [9.17, 15) is 27.6 Å². The van der Waals surface area contributed by atoms with E-state index in [0.717, 1.165) is 6.07 Å². The van der Waals surface area contributed by atoms with Crippen molar-refractivity contribution in [1.29, 1.82) is 0 Å². The van der Waals surface area contributed by atoms with Crippen molar-refractivity contribution in [3.05, 3.63) is 28.8 Å². The molecule has 0 aliphatic carbocycles. The minimum atomic E-state index is -5.09. The van der Waals surface area contributed by atoms with Crippen LogP contribution in [0.2, 0.25) is 0 Å². The van der Waals surface area contributed by atoms with E-state index in [1.54, 1.807) is 27.7 Å². The third kappa shape index (κ3) is 7.78. The molecule has 0 aromatic heterocycles. The molecule has 156 valence electrons. The third-order valence-electron chi connectivity index (χ3n) is 4.46. The van der Waals surface area contributed by atoms with Crippen LogP contribution in [0.4, 0.5) is 23.4 Å². The van der Waals surface area contributed by atoms with Crippen LogP contribution in [0.25, 0.3) is 0 Å². The number of benzene rings is 1. The molecule has 11 heteroatoms. The number of carbonyl (C=O) groups is 2. The number of carboxylic acid groups (broad SMARTS) is 1. The van der Waals surface area contributed by atoms with Crippen molar-refractivity contribution in [3.8, 4) is 0 Å². The molecule has 0 bridgehead atoms. The summed E-state index contributed by atoms with van der Waals surface area (Å²) < 4.78 is 44.2. The van der Waals surface area contributed by atoms with E-state index in [-0.39, 0.29) is 62.5 Å². The number of ether oxygens (including phenoxy) is 1. The second kappa shape index (κ2) is 10.0. The first-order chi connectivity index (χ1) is 12.8. The Morgan fingerprint density at radius 2 is 1.69 bits per heavy atom. The molecule has 1 aliphatic rings. The van der Waals surface area contributed by atoms with Gasteiger partial charge in [0.2, 0.25) is 0 Å². The maximum Gasteiger partial charge on any atom is 1.00 e. The standard InChI is InChI=1S/C18H25BF3N2O4.K/c1-12-14(11-19(20,21)22)9-13(16(25)26)10-15(12)23-5-7-24(8-6-23)17(27)28-18(2,3)4;/h9-10H,5-8,11H2,1-4H3,(H,25,26);/q-1;+1. The average Bonchev–Trinajstić information content (AvgIpc) is 2.54. The largest absolute Gasteiger partial charge is 1.00 e. The fourth-order valence-electron chi connectivity index (χ4n) is 3.13. The molecule has 0 unspecified atom stereocenters. The minimum absolute atomic E-state index is 0. The van der Waals surface area contributed by atoms with E-state index in [0.29, 0.717) is 37.4 Å². The summed E-state index contributed by atoms with van der Waals surface area (Å²) in [6.45, 7) is 3.21. The van der Waals surface area contributed by atoms with Gasteiger partial charge in [-0.25, -0.2) is 9.59 Å². The Morgan fingerprint density at radius 1 is 1.14 bits per heavy atom. The van der Waals surface area contributed by atoms with Crippen LogP contribution >= 0.6 is 0 Å². The van der Waals surface area contributed by atoms with Gasteiger partial charge in [-0.05, 0) is 45.4 Å². The molecular weight excluding hydrogens is 415 g/mol. The Morgan fingerprint density at radius 3 is 2.14 bits per heavy atom. The smallest absolute Gasteiger partial charge is 0.478 e. The summed E-state index contributed by atoms with van der Waals surface area (Å²) >= 11 is 0. The first kappa shape index (κ1) is 26.3. The number of rotatable bonds is 4. The first-order valence-corrected chi connectivity index (χ1v) is 9.07. The molecule has 0 saturated carbocycles. The third-order valence-corrected chi connectivity index (χ3v) is 4.46. The van der Waals surface area contributed by atoms with Crippen LogP contribution in [0.5, 0.6) is 0 Å². The van der Waals surface area contributed by atoms with Crippen LogP contribution in [0.3, 0.4) is 0 Å². The summed E-state index contributed by atoms with van der Waals surface area (Å²) in [5.74, 6) is -1.27. The van der Waals surface area contributed by atoms with Crippen molar-refractivity contribution >= 4 is 24.7 Å². The molecule has 1 aromatic carbocycles. The van der Waals surface area contributed by atoms with Gasteiger partial charge in [-0.15, -0.1) is 0 Å². The number of carbonyl (C=O) groups excluding carboxylic acids is 1. The Labute approximate surface area is 211 Å². The second-order valence-electron chi connectivity index (χ2n) is 7.95. The number of halogens is 3. The van der Waals surface area contributed by atoms with Gasteiger partial charge in [-0.1, -0.05) is 11.9 Å². The molecule has 1 fully saturated rings. The van der Waals surface area contributed by atoms with Crippen molar-refractivity contribution in [1.82, 2.24) is 4.90 Å². The fraction of sp³-hybridized carbons (Fsp3) is 0.556. The quantitative estimate of drug-likeness (QED) is 0.698. The zero-order chi connectivity index (χ0) is 21.3. The first-order valence-electron chi connectivity index (χ1n) is 9.07. The second-order valence-corrected chi connectivity index (χ2v) is 7.95. The monoisotopic (exact) mass is 440 g/mol. The normalized spacial score (nSPS) is 15.0. The van der Waals surface area contributed by atoms with Crippen molar-refractivity contribution in [3.63, 3.8) is 0 Å². The van der Waals surface area contributed by atoms with E-state index < -0.39 is 31.0 Å². The number of carboxylic acids is 1. The van der Waals surface area contributed by atoms with E-state index in [1.807, 2.05) is 4.90 Å². The summed E-state index contributed by atoms with van der Waals surface area (Å²) in [4.78, 5) is 26.9. The Hall–Kier alpha value is -0.749. The Bertz CT molecular complexity index is 761. The van der Waals surface area contributed by atoms with Crippen LogP contribution in [-0.2, 0) is 11.1 Å². The number of hydrogen-bond acceptors (Lipinski definition) is 4. The Balaban J connectivity index is 0.00000420. The van der Waals surface area contributed by atoms with Crippen LogP contribution in [0.1, 0.15) is 42.3 Å². The number of piperazine rings is 1. The van der Waals surface area contributed by atoms with Crippen LogP contribution in [0, 0.1) is 6.92 Å². The van der Waals surface area contributed by atoms with Gasteiger partial charge in [0.25, 0.3) is 0 Å². The summed E-state index contributed by atoms with van der Waals surface area (Å²) in [5, 5.41) is 9.28. The summed E-state index contributed by atoms with van der Waals surface area (Å²) in [5.41, 5.74) is 0.0467.